The Balaban J connectivity index is 1.27. The van der Waals surface area contributed by atoms with Crippen LogP contribution in [-0.2, 0) is 6.54 Å². The first kappa shape index (κ1) is 19.3. The summed E-state index contributed by atoms with van der Waals surface area (Å²) in [5, 5.41) is 20.0. The normalized spacial score (nSPS) is 20.7. The number of amides is 2. The predicted molar refractivity (Wildman–Crippen MR) is 108 cm³/mol. The average Bonchev–Trinajstić information content (AvgIpc) is 3.15. The minimum Gasteiger partial charge on any atom is -0.465 e. The summed E-state index contributed by atoms with van der Waals surface area (Å²) in [6, 6.07) is 7.36. The van der Waals surface area contributed by atoms with E-state index >= 15 is 0 Å². The van der Waals surface area contributed by atoms with E-state index in [2.05, 4.69) is 26.7 Å². The van der Waals surface area contributed by atoms with Crippen LogP contribution in [0.3, 0.4) is 0 Å². The van der Waals surface area contributed by atoms with Crippen molar-refractivity contribution < 1.29 is 19.1 Å². The first-order valence-corrected chi connectivity index (χ1v) is 10.3. The van der Waals surface area contributed by atoms with Crippen LogP contribution in [0.25, 0.3) is 11.3 Å². The molecule has 2 atom stereocenters. The molecular weight excluding hydrogens is 400 g/mol. The van der Waals surface area contributed by atoms with Gasteiger partial charge in [0.05, 0.1) is 25.0 Å². The van der Waals surface area contributed by atoms with E-state index in [1.165, 1.54) is 10.5 Å². The van der Waals surface area contributed by atoms with Crippen molar-refractivity contribution in [3.63, 3.8) is 0 Å². The molecule has 1 saturated carbocycles. The van der Waals surface area contributed by atoms with E-state index < -0.39 is 12.0 Å². The van der Waals surface area contributed by atoms with Crippen molar-refractivity contribution in [1.29, 1.82) is 0 Å². The van der Waals surface area contributed by atoms with Crippen LogP contribution in [0.1, 0.15) is 41.4 Å². The number of carbonyl (C=O) groups excluding carboxylic acids is 1. The van der Waals surface area contributed by atoms with Crippen LogP contribution in [0.2, 0.25) is 0 Å². The molecule has 2 amide bonds. The zero-order chi connectivity index (χ0) is 21.4. The minimum atomic E-state index is -1.03. The molecule has 0 spiro atoms. The Morgan fingerprint density at radius 2 is 2.10 bits per heavy atom. The largest absolute Gasteiger partial charge is 0.465 e. The van der Waals surface area contributed by atoms with Gasteiger partial charge in [0.2, 0.25) is 0 Å². The lowest BCUT2D eigenvalue weighted by molar-refractivity contribution is 0.0901. The van der Waals surface area contributed by atoms with Crippen molar-refractivity contribution in [3.05, 3.63) is 54.3 Å². The smallest absolute Gasteiger partial charge is 0.407 e. The molecule has 3 aromatic rings. The quantitative estimate of drug-likeness (QED) is 0.624. The summed E-state index contributed by atoms with van der Waals surface area (Å²) in [7, 11) is 0. The Hall–Kier alpha value is -3.69. The van der Waals surface area contributed by atoms with Gasteiger partial charge < -0.3 is 19.7 Å². The molecule has 2 N–H and O–H groups in total. The minimum absolute atomic E-state index is 0.0257. The Labute approximate surface area is 177 Å². The summed E-state index contributed by atoms with van der Waals surface area (Å²) in [5.41, 5.74) is 2.18. The van der Waals surface area contributed by atoms with Crippen LogP contribution in [0.4, 0.5) is 4.79 Å². The number of nitrogens with one attached hydrogen (secondary N) is 1. The van der Waals surface area contributed by atoms with E-state index in [0.717, 1.165) is 18.4 Å². The van der Waals surface area contributed by atoms with Crippen LogP contribution in [0.5, 0.6) is 0 Å². The zero-order valence-corrected chi connectivity index (χ0v) is 16.7. The molecular formula is C21H22N6O4. The molecule has 1 saturated heterocycles. The van der Waals surface area contributed by atoms with Gasteiger partial charge in [-0.2, -0.15) is 0 Å². The van der Waals surface area contributed by atoms with Gasteiger partial charge in [-0.3, -0.25) is 9.48 Å². The molecule has 2 aliphatic rings. The van der Waals surface area contributed by atoms with Gasteiger partial charge in [-0.05, 0) is 30.7 Å². The molecule has 3 heterocycles. The van der Waals surface area contributed by atoms with Crippen molar-refractivity contribution in [2.24, 2.45) is 0 Å². The monoisotopic (exact) mass is 422 g/mol. The number of aromatic nitrogens is 4. The third-order valence-corrected chi connectivity index (χ3v) is 5.81. The van der Waals surface area contributed by atoms with Gasteiger partial charge in [-0.1, -0.05) is 29.5 Å². The summed E-state index contributed by atoms with van der Waals surface area (Å²) >= 11 is 0. The van der Waals surface area contributed by atoms with Crippen LogP contribution in [0.15, 0.2) is 47.3 Å². The summed E-state index contributed by atoms with van der Waals surface area (Å²) in [6.07, 6.45) is 6.56. The molecule has 1 aromatic carbocycles. The Bertz CT molecular complexity index is 1090. The molecule has 10 heteroatoms. The van der Waals surface area contributed by atoms with Crippen molar-refractivity contribution in [3.8, 4) is 11.3 Å². The lowest BCUT2D eigenvalue weighted by atomic mass is 10.0. The Morgan fingerprint density at radius 3 is 2.84 bits per heavy atom. The molecule has 2 fully saturated rings. The molecule has 5 rings (SSSR count). The maximum Gasteiger partial charge on any atom is 0.407 e. The van der Waals surface area contributed by atoms with E-state index in [-0.39, 0.29) is 24.5 Å². The van der Waals surface area contributed by atoms with Crippen LogP contribution < -0.4 is 5.32 Å². The highest BCUT2D eigenvalue weighted by atomic mass is 16.4. The fraction of sp³-hybridized carbons (Fsp3) is 0.381. The van der Waals surface area contributed by atoms with Crippen molar-refractivity contribution in [2.45, 2.75) is 43.8 Å². The predicted octanol–water partition coefficient (Wildman–Crippen LogP) is 2.36. The van der Waals surface area contributed by atoms with Gasteiger partial charge in [-0.15, -0.1) is 5.10 Å². The van der Waals surface area contributed by atoms with Crippen LogP contribution in [0, 0.1) is 0 Å². The molecule has 0 bridgehead atoms. The van der Waals surface area contributed by atoms with Crippen molar-refractivity contribution in [1.82, 2.24) is 30.2 Å². The van der Waals surface area contributed by atoms with Crippen LogP contribution >= 0.6 is 0 Å². The summed E-state index contributed by atoms with van der Waals surface area (Å²) in [5.74, 6) is 0.630. The van der Waals surface area contributed by atoms with Gasteiger partial charge in [0.1, 0.15) is 0 Å². The number of benzene rings is 1. The molecule has 1 aliphatic heterocycles. The molecule has 2 aromatic heterocycles. The highest BCUT2D eigenvalue weighted by Gasteiger charge is 2.37. The average molecular weight is 422 g/mol. The third kappa shape index (κ3) is 4.00. The van der Waals surface area contributed by atoms with Crippen molar-refractivity contribution >= 4 is 12.0 Å². The van der Waals surface area contributed by atoms with E-state index in [0.29, 0.717) is 24.6 Å². The molecule has 0 radical (unpaired) electrons. The number of oxazole rings is 1. The number of hydrogen-bond acceptors (Lipinski definition) is 6. The van der Waals surface area contributed by atoms with E-state index in [1.807, 2.05) is 18.2 Å². The first-order chi connectivity index (χ1) is 15.1. The van der Waals surface area contributed by atoms with E-state index in [1.54, 1.807) is 23.3 Å². The third-order valence-electron chi connectivity index (χ3n) is 5.81. The number of likely N-dealkylation sites (tertiary alicyclic amines) is 1. The number of nitrogens with zero attached hydrogens (tertiary/aromatic N) is 5. The highest BCUT2D eigenvalue weighted by molar-refractivity contribution is 5.90. The van der Waals surface area contributed by atoms with Gasteiger partial charge in [0.25, 0.3) is 5.89 Å². The van der Waals surface area contributed by atoms with Gasteiger partial charge in [0, 0.05) is 24.3 Å². The number of hydrogen-bond donors (Lipinski definition) is 2. The number of carboxylic acid groups (broad SMARTS) is 1. The molecule has 0 unspecified atom stereocenters. The highest BCUT2D eigenvalue weighted by Crippen LogP contribution is 2.44. The summed E-state index contributed by atoms with van der Waals surface area (Å²) < 4.78 is 7.36. The second-order valence-corrected chi connectivity index (χ2v) is 8.01. The molecule has 160 valence electrons. The molecule has 1 aliphatic carbocycles. The van der Waals surface area contributed by atoms with Gasteiger partial charge in [-0.25, -0.2) is 9.78 Å². The van der Waals surface area contributed by atoms with Crippen LogP contribution in [-0.4, -0.2) is 60.6 Å². The Kier molecular flexibility index (Phi) is 4.89. The maximum atomic E-state index is 12.7. The zero-order valence-electron chi connectivity index (χ0n) is 16.7. The van der Waals surface area contributed by atoms with E-state index in [4.69, 9.17) is 4.42 Å². The van der Waals surface area contributed by atoms with Gasteiger partial charge >= 0.3 is 12.0 Å². The fourth-order valence-electron chi connectivity index (χ4n) is 4.20. The fourth-order valence-corrected chi connectivity index (χ4v) is 4.20. The van der Waals surface area contributed by atoms with Gasteiger partial charge in [0.15, 0.2) is 5.76 Å². The topological polar surface area (TPSA) is 126 Å². The second-order valence-electron chi connectivity index (χ2n) is 8.01. The summed E-state index contributed by atoms with van der Waals surface area (Å²) in [6.45, 7) is 0.568. The standard InChI is InChI=1S/C21H22N6O4/c28-19(20-22-10-18(31-20)17-4-2-1-3-16(17)13-5-6-13)24-14-9-15(27(11-14)21(29)30)12-26-8-7-23-25-26/h1-4,7-8,10,13-15H,5-6,9,11-12H2,(H,24,28)(H,29,30)/t14-,15+/m1/s1. The lowest BCUT2D eigenvalue weighted by Crippen LogP contribution is -2.39. The number of carbonyl (C=O) groups is 2. The number of rotatable bonds is 6. The SMILES string of the molecule is O=C(N[C@@H]1C[C@@H](Cn2ccnn2)N(C(=O)O)C1)c1ncc(-c2ccccc2C2CC2)o1. The van der Waals surface area contributed by atoms with E-state index in [9.17, 15) is 14.7 Å². The molecule has 10 nitrogen and oxygen atoms in total. The van der Waals surface area contributed by atoms with Crippen molar-refractivity contribution in [2.75, 3.05) is 6.54 Å². The summed E-state index contributed by atoms with van der Waals surface area (Å²) in [4.78, 5) is 29.8. The maximum absolute atomic E-state index is 12.7. The first-order valence-electron chi connectivity index (χ1n) is 10.3. The Morgan fingerprint density at radius 1 is 1.26 bits per heavy atom. The second kappa shape index (κ2) is 7.86. The lowest BCUT2D eigenvalue weighted by Gasteiger charge is -2.20. The molecule has 31 heavy (non-hydrogen) atoms.